The maximum Gasteiger partial charge on any atom is 0.305 e. The van der Waals surface area contributed by atoms with Crippen molar-refractivity contribution in [3.8, 4) is 0 Å². The van der Waals surface area contributed by atoms with Crippen molar-refractivity contribution in [1.82, 2.24) is 4.90 Å². The molecule has 0 fully saturated rings. The normalized spacial score (nSPS) is 11.1. The standard InChI is InChI=1S/C20H22ClFN2O5S/c1-23(12-4-5-19(25)29-3)20(26)17-13-16(10-11-18(17)21)30(27,28)24(2)15-8-6-14(22)7-9-15/h6-11,13H,4-5,12H2,1-3H3. The number of methoxy groups -OCH3 is 1. The van der Waals surface area contributed by atoms with Gasteiger partial charge in [0.25, 0.3) is 15.9 Å². The lowest BCUT2D eigenvalue weighted by molar-refractivity contribution is -0.140. The van der Waals surface area contributed by atoms with Gasteiger partial charge in [-0.05, 0) is 48.9 Å². The summed E-state index contributed by atoms with van der Waals surface area (Å²) in [6.07, 6.45) is 0.538. The van der Waals surface area contributed by atoms with Crippen LogP contribution in [0.2, 0.25) is 5.02 Å². The van der Waals surface area contributed by atoms with Crippen molar-refractivity contribution >= 4 is 39.2 Å². The largest absolute Gasteiger partial charge is 0.469 e. The molecular weight excluding hydrogens is 435 g/mol. The second-order valence-electron chi connectivity index (χ2n) is 6.50. The van der Waals surface area contributed by atoms with Gasteiger partial charge in [0.2, 0.25) is 0 Å². The summed E-state index contributed by atoms with van der Waals surface area (Å²) in [5.41, 5.74) is 0.282. The van der Waals surface area contributed by atoms with Crippen LogP contribution in [0.5, 0.6) is 0 Å². The molecule has 2 aromatic rings. The lowest BCUT2D eigenvalue weighted by Gasteiger charge is -2.21. The number of ether oxygens (including phenoxy) is 1. The smallest absolute Gasteiger partial charge is 0.305 e. The summed E-state index contributed by atoms with van der Waals surface area (Å²) in [6.45, 7) is 0.261. The summed E-state index contributed by atoms with van der Waals surface area (Å²) in [5, 5.41) is 0.100. The van der Waals surface area contributed by atoms with Gasteiger partial charge in [-0.25, -0.2) is 12.8 Å². The van der Waals surface area contributed by atoms with E-state index in [4.69, 9.17) is 11.6 Å². The third-order valence-electron chi connectivity index (χ3n) is 4.47. The molecule has 162 valence electrons. The Morgan fingerprint density at radius 1 is 1.10 bits per heavy atom. The summed E-state index contributed by atoms with van der Waals surface area (Å²) < 4.78 is 44.6. The Morgan fingerprint density at radius 2 is 1.73 bits per heavy atom. The average molecular weight is 457 g/mol. The fourth-order valence-electron chi connectivity index (χ4n) is 2.65. The number of benzene rings is 2. The van der Waals surface area contributed by atoms with E-state index in [1.165, 1.54) is 56.4 Å². The topological polar surface area (TPSA) is 84.0 Å². The van der Waals surface area contributed by atoms with E-state index in [2.05, 4.69) is 4.74 Å². The van der Waals surface area contributed by atoms with Crippen LogP contribution in [0.3, 0.4) is 0 Å². The molecule has 0 aliphatic carbocycles. The maximum atomic E-state index is 13.1. The number of hydrogen-bond donors (Lipinski definition) is 0. The fourth-order valence-corrected chi connectivity index (χ4v) is 4.07. The van der Waals surface area contributed by atoms with Gasteiger partial charge in [-0.3, -0.25) is 13.9 Å². The highest BCUT2D eigenvalue weighted by atomic mass is 35.5. The van der Waals surface area contributed by atoms with E-state index in [1.807, 2.05) is 0 Å². The number of amides is 1. The molecule has 0 unspecified atom stereocenters. The molecule has 0 saturated carbocycles. The molecule has 0 radical (unpaired) electrons. The van der Waals surface area contributed by atoms with Gasteiger partial charge in [0.05, 0.1) is 28.3 Å². The van der Waals surface area contributed by atoms with Crippen molar-refractivity contribution in [2.24, 2.45) is 0 Å². The quantitative estimate of drug-likeness (QED) is 0.569. The summed E-state index contributed by atoms with van der Waals surface area (Å²) in [6, 6.07) is 8.82. The molecular formula is C20H22ClFN2O5S. The van der Waals surface area contributed by atoms with Crippen LogP contribution >= 0.6 is 11.6 Å². The zero-order chi connectivity index (χ0) is 22.5. The van der Waals surface area contributed by atoms with Gasteiger partial charge in [0, 0.05) is 27.1 Å². The molecule has 0 aliphatic heterocycles. The molecule has 1 amide bonds. The number of carbonyl (C=O) groups is 2. The van der Waals surface area contributed by atoms with Gasteiger partial charge in [-0.1, -0.05) is 11.6 Å². The summed E-state index contributed by atoms with van der Waals surface area (Å²) in [4.78, 5) is 25.2. The van der Waals surface area contributed by atoms with E-state index in [0.29, 0.717) is 6.42 Å². The highest BCUT2D eigenvalue weighted by Crippen LogP contribution is 2.26. The van der Waals surface area contributed by atoms with Crippen LogP contribution in [0.1, 0.15) is 23.2 Å². The predicted octanol–water partition coefficient (Wildman–Crippen LogP) is 3.33. The average Bonchev–Trinajstić information content (AvgIpc) is 2.73. The van der Waals surface area contributed by atoms with Crippen molar-refractivity contribution in [2.75, 3.05) is 32.1 Å². The Labute approximate surface area is 180 Å². The van der Waals surface area contributed by atoms with Crippen molar-refractivity contribution in [3.05, 3.63) is 58.9 Å². The molecule has 7 nitrogen and oxygen atoms in total. The first-order chi connectivity index (χ1) is 14.1. The molecule has 0 aromatic heterocycles. The molecule has 0 saturated heterocycles. The van der Waals surface area contributed by atoms with Crippen molar-refractivity contribution < 1.29 is 27.1 Å². The number of carbonyl (C=O) groups excluding carboxylic acids is 2. The highest BCUT2D eigenvalue weighted by Gasteiger charge is 2.25. The van der Waals surface area contributed by atoms with Crippen molar-refractivity contribution in [1.29, 1.82) is 0 Å². The number of sulfonamides is 1. The maximum absolute atomic E-state index is 13.1. The highest BCUT2D eigenvalue weighted by molar-refractivity contribution is 7.92. The van der Waals surface area contributed by atoms with Crippen molar-refractivity contribution in [2.45, 2.75) is 17.7 Å². The van der Waals surface area contributed by atoms with E-state index >= 15 is 0 Å². The molecule has 30 heavy (non-hydrogen) atoms. The van der Waals surface area contributed by atoms with Gasteiger partial charge in [0.1, 0.15) is 5.82 Å². The minimum atomic E-state index is -4.01. The van der Waals surface area contributed by atoms with Crippen molar-refractivity contribution in [3.63, 3.8) is 0 Å². The second-order valence-corrected chi connectivity index (χ2v) is 8.87. The Morgan fingerprint density at radius 3 is 2.33 bits per heavy atom. The van der Waals surface area contributed by atoms with Crippen LogP contribution < -0.4 is 4.31 Å². The second kappa shape index (κ2) is 9.90. The molecule has 0 aliphatic rings. The number of nitrogens with zero attached hydrogens (tertiary/aromatic N) is 2. The van der Waals surface area contributed by atoms with Gasteiger partial charge in [-0.2, -0.15) is 0 Å². The van der Waals surface area contributed by atoms with Gasteiger partial charge in [0.15, 0.2) is 0 Å². The minimum Gasteiger partial charge on any atom is -0.469 e. The SMILES string of the molecule is COC(=O)CCCN(C)C(=O)c1cc(S(=O)(=O)N(C)c2ccc(F)cc2)ccc1Cl. The van der Waals surface area contributed by atoms with Crippen LogP contribution in [0.4, 0.5) is 10.1 Å². The summed E-state index contributed by atoms with van der Waals surface area (Å²) in [7, 11) is 0.129. The number of hydrogen-bond acceptors (Lipinski definition) is 5. The van der Waals surface area contributed by atoms with E-state index < -0.39 is 21.7 Å². The van der Waals surface area contributed by atoms with Gasteiger partial charge in [-0.15, -0.1) is 0 Å². The first-order valence-corrected chi connectivity index (χ1v) is 10.8. The minimum absolute atomic E-state index is 0.0193. The predicted molar refractivity (Wildman–Crippen MR) is 112 cm³/mol. The lowest BCUT2D eigenvalue weighted by Crippen LogP contribution is -2.29. The molecule has 0 N–H and O–H groups in total. The zero-order valence-corrected chi connectivity index (χ0v) is 18.3. The third-order valence-corrected chi connectivity index (χ3v) is 6.58. The number of halogens is 2. The molecule has 0 spiro atoms. The van der Waals surface area contributed by atoms with Crippen LogP contribution in [0, 0.1) is 5.82 Å². The van der Waals surface area contributed by atoms with E-state index in [9.17, 15) is 22.4 Å². The monoisotopic (exact) mass is 456 g/mol. The number of rotatable bonds is 8. The molecule has 2 rings (SSSR count). The number of esters is 1. The summed E-state index contributed by atoms with van der Waals surface area (Å²) >= 11 is 6.13. The van der Waals surface area contributed by atoms with E-state index in [1.54, 1.807) is 0 Å². The Hall–Kier alpha value is -2.65. The first kappa shape index (κ1) is 23.6. The molecule has 0 atom stereocenters. The molecule has 10 heteroatoms. The fraction of sp³-hybridized carbons (Fsp3) is 0.300. The molecule has 0 heterocycles. The van der Waals surface area contributed by atoms with Gasteiger partial charge < -0.3 is 9.64 Å². The van der Waals surface area contributed by atoms with Crippen LogP contribution in [0.15, 0.2) is 47.4 Å². The third kappa shape index (κ3) is 5.48. The Balaban J connectivity index is 2.25. The van der Waals surface area contributed by atoms with E-state index in [0.717, 1.165) is 16.4 Å². The Bertz CT molecular complexity index is 1030. The Kier molecular flexibility index (Phi) is 7.80. The molecule has 2 aromatic carbocycles. The lowest BCUT2D eigenvalue weighted by atomic mass is 10.2. The summed E-state index contributed by atoms with van der Waals surface area (Å²) in [5.74, 6) is -1.35. The van der Waals surface area contributed by atoms with Crippen LogP contribution in [-0.4, -0.2) is 52.9 Å². The van der Waals surface area contributed by atoms with Gasteiger partial charge >= 0.3 is 5.97 Å². The van der Waals surface area contributed by atoms with Crippen LogP contribution in [0.25, 0.3) is 0 Å². The number of anilines is 1. The first-order valence-electron chi connectivity index (χ1n) is 8.94. The van der Waals surface area contributed by atoms with Crippen LogP contribution in [-0.2, 0) is 19.6 Å². The van der Waals surface area contributed by atoms with E-state index in [-0.39, 0.29) is 40.1 Å². The zero-order valence-electron chi connectivity index (χ0n) is 16.8. The molecule has 0 bridgehead atoms.